The van der Waals surface area contributed by atoms with Crippen LogP contribution in [0.15, 0.2) is 24.3 Å². The lowest BCUT2D eigenvalue weighted by Gasteiger charge is -2.27. The van der Waals surface area contributed by atoms with Crippen molar-refractivity contribution < 1.29 is 9.90 Å². The third-order valence-corrected chi connectivity index (χ3v) is 3.90. The monoisotopic (exact) mass is 241 g/mol. The van der Waals surface area contributed by atoms with Crippen molar-refractivity contribution >= 4 is 5.91 Å². The van der Waals surface area contributed by atoms with Crippen LogP contribution in [0.3, 0.4) is 0 Å². The summed E-state index contributed by atoms with van der Waals surface area (Å²) < 4.78 is 0. The number of nitrogens with zero attached hydrogens (tertiary/aromatic N) is 1. The summed E-state index contributed by atoms with van der Waals surface area (Å²) in [6.07, 6.45) is 5.90. The maximum Gasteiger partial charge on any atom is 0.224 e. The molecule has 92 valence electrons. The van der Waals surface area contributed by atoms with E-state index in [-0.39, 0.29) is 17.9 Å². The Morgan fingerprint density at radius 1 is 1.33 bits per heavy atom. The van der Waals surface area contributed by atoms with Crippen LogP contribution in [0, 0.1) is 18.3 Å². The number of hydrogen-bond acceptors (Lipinski definition) is 2. The average Bonchev–Trinajstić information content (AvgIpc) is 2.88. The Morgan fingerprint density at radius 2 is 2.11 bits per heavy atom. The van der Waals surface area contributed by atoms with Gasteiger partial charge in [0.2, 0.25) is 5.91 Å². The standard InChI is InChI=1S/C15H15NO2/c1-2-10-7-14(18)16(9-10)15-12-6-4-3-5-11(12)8-13(15)17/h1,3-6,10,13,15,17H,7-9H2. The second-order valence-electron chi connectivity index (χ2n) is 5.03. The van der Waals surface area contributed by atoms with E-state index < -0.39 is 6.10 Å². The van der Waals surface area contributed by atoms with E-state index in [0.29, 0.717) is 19.4 Å². The van der Waals surface area contributed by atoms with Gasteiger partial charge in [-0.2, -0.15) is 0 Å². The molecule has 3 atom stereocenters. The first kappa shape index (κ1) is 11.3. The highest BCUT2D eigenvalue weighted by Crippen LogP contribution is 2.38. The number of rotatable bonds is 1. The predicted molar refractivity (Wildman–Crippen MR) is 67.5 cm³/mol. The second kappa shape index (κ2) is 4.15. The fourth-order valence-electron chi connectivity index (χ4n) is 3.04. The lowest BCUT2D eigenvalue weighted by atomic mass is 10.1. The molecule has 1 aliphatic heterocycles. The van der Waals surface area contributed by atoms with Crippen molar-refractivity contribution in [3.05, 3.63) is 35.4 Å². The first-order chi connectivity index (χ1) is 8.70. The maximum absolute atomic E-state index is 12.0. The average molecular weight is 241 g/mol. The van der Waals surface area contributed by atoms with Crippen LogP contribution in [0.1, 0.15) is 23.6 Å². The van der Waals surface area contributed by atoms with E-state index >= 15 is 0 Å². The van der Waals surface area contributed by atoms with Gasteiger partial charge in [0.15, 0.2) is 0 Å². The quantitative estimate of drug-likeness (QED) is 0.749. The molecule has 1 heterocycles. The minimum atomic E-state index is -0.511. The molecule has 0 saturated carbocycles. The molecule has 1 amide bonds. The molecule has 1 aliphatic carbocycles. The van der Waals surface area contributed by atoms with E-state index in [1.807, 2.05) is 24.3 Å². The Kier molecular flexibility index (Phi) is 2.61. The number of carbonyl (C=O) groups is 1. The molecule has 0 spiro atoms. The highest BCUT2D eigenvalue weighted by molar-refractivity contribution is 5.80. The number of carbonyl (C=O) groups excluding carboxylic acids is 1. The van der Waals surface area contributed by atoms with Crippen LogP contribution in [0.2, 0.25) is 0 Å². The molecule has 3 nitrogen and oxygen atoms in total. The molecule has 3 unspecified atom stereocenters. The minimum absolute atomic E-state index is 0.0162. The van der Waals surface area contributed by atoms with Gasteiger partial charge in [-0.25, -0.2) is 0 Å². The number of aliphatic hydroxyl groups excluding tert-OH is 1. The fourth-order valence-corrected chi connectivity index (χ4v) is 3.04. The first-order valence-corrected chi connectivity index (χ1v) is 6.22. The lowest BCUT2D eigenvalue weighted by Crippen LogP contribution is -2.35. The molecule has 0 bridgehead atoms. The molecule has 1 aromatic rings. The van der Waals surface area contributed by atoms with Crippen molar-refractivity contribution in [1.29, 1.82) is 0 Å². The zero-order valence-corrected chi connectivity index (χ0v) is 10.0. The molecule has 1 fully saturated rings. The number of likely N-dealkylation sites (tertiary alicyclic amines) is 1. The van der Waals surface area contributed by atoms with Crippen LogP contribution in [0.25, 0.3) is 0 Å². The van der Waals surface area contributed by atoms with Gasteiger partial charge in [0.25, 0.3) is 0 Å². The van der Waals surface area contributed by atoms with Gasteiger partial charge in [0.1, 0.15) is 0 Å². The highest BCUT2D eigenvalue weighted by atomic mass is 16.3. The molecule has 0 aromatic heterocycles. The Morgan fingerprint density at radius 3 is 2.83 bits per heavy atom. The summed E-state index contributed by atoms with van der Waals surface area (Å²) in [5.41, 5.74) is 2.20. The molecule has 2 aliphatic rings. The molecular formula is C15H15NO2. The van der Waals surface area contributed by atoms with Crippen LogP contribution in [0.4, 0.5) is 0 Å². The molecular weight excluding hydrogens is 226 g/mol. The molecule has 3 heteroatoms. The molecule has 18 heavy (non-hydrogen) atoms. The van der Waals surface area contributed by atoms with E-state index in [9.17, 15) is 9.90 Å². The van der Waals surface area contributed by atoms with Gasteiger partial charge in [0.05, 0.1) is 12.1 Å². The van der Waals surface area contributed by atoms with Crippen LogP contribution in [-0.4, -0.2) is 28.6 Å². The van der Waals surface area contributed by atoms with Gasteiger partial charge in [0, 0.05) is 25.3 Å². The van der Waals surface area contributed by atoms with Gasteiger partial charge in [-0.05, 0) is 11.1 Å². The summed E-state index contributed by atoms with van der Waals surface area (Å²) in [7, 11) is 0. The Bertz CT molecular complexity index is 532. The number of benzene rings is 1. The second-order valence-corrected chi connectivity index (χ2v) is 5.03. The van der Waals surface area contributed by atoms with Crippen LogP contribution in [-0.2, 0) is 11.2 Å². The Hall–Kier alpha value is -1.79. The van der Waals surface area contributed by atoms with Crippen molar-refractivity contribution in [2.75, 3.05) is 6.54 Å². The molecule has 3 rings (SSSR count). The normalized spacial score (nSPS) is 30.3. The number of hydrogen-bond donors (Lipinski definition) is 1. The minimum Gasteiger partial charge on any atom is -0.390 e. The van der Waals surface area contributed by atoms with Crippen molar-refractivity contribution in [2.45, 2.75) is 25.0 Å². The SMILES string of the molecule is C#CC1CC(=O)N(C2c3ccccc3CC2O)C1. The van der Waals surface area contributed by atoms with E-state index in [0.717, 1.165) is 11.1 Å². The number of aliphatic hydroxyl groups is 1. The summed E-state index contributed by atoms with van der Waals surface area (Å²) in [4.78, 5) is 13.8. The van der Waals surface area contributed by atoms with E-state index in [1.54, 1.807) is 4.90 Å². The maximum atomic E-state index is 12.0. The Balaban J connectivity index is 1.94. The van der Waals surface area contributed by atoms with Gasteiger partial charge < -0.3 is 10.0 Å². The van der Waals surface area contributed by atoms with Crippen LogP contribution in [0.5, 0.6) is 0 Å². The van der Waals surface area contributed by atoms with E-state index in [2.05, 4.69) is 5.92 Å². The lowest BCUT2D eigenvalue weighted by molar-refractivity contribution is -0.131. The number of terminal acetylenes is 1. The smallest absolute Gasteiger partial charge is 0.224 e. The Labute approximate surface area is 106 Å². The van der Waals surface area contributed by atoms with Crippen molar-refractivity contribution in [3.63, 3.8) is 0 Å². The van der Waals surface area contributed by atoms with Crippen molar-refractivity contribution in [2.24, 2.45) is 5.92 Å². The van der Waals surface area contributed by atoms with E-state index in [4.69, 9.17) is 6.42 Å². The third-order valence-electron chi connectivity index (χ3n) is 3.90. The molecule has 0 radical (unpaired) electrons. The van der Waals surface area contributed by atoms with Gasteiger partial charge in [-0.1, -0.05) is 24.3 Å². The van der Waals surface area contributed by atoms with Crippen molar-refractivity contribution in [1.82, 2.24) is 4.90 Å². The summed E-state index contributed by atoms with van der Waals surface area (Å²) in [6, 6.07) is 7.70. The van der Waals surface area contributed by atoms with Crippen LogP contribution >= 0.6 is 0 Å². The molecule has 1 N–H and O–H groups in total. The summed E-state index contributed by atoms with van der Waals surface area (Å²) >= 11 is 0. The topological polar surface area (TPSA) is 40.5 Å². The predicted octanol–water partition coefficient (Wildman–Crippen LogP) is 1.13. The number of amides is 1. The van der Waals surface area contributed by atoms with Crippen molar-refractivity contribution in [3.8, 4) is 12.3 Å². The van der Waals surface area contributed by atoms with Gasteiger partial charge >= 0.3 is 0 Å². The van der Waals surface area contributed by atoms with Crippen LogP contribution < -0.4 is 0 Å². The van der Waals surface area contributed by atoms with E-state index in [1.165, 1.54) is 0 Å². The highest BCUT2D eigenvalue weighted by Gasteiger charge is 2.41. The zero-order valence-electron chi connectivity index (χ0n) is 10.0. The zero-order chi connectivity index (χ0) is 12.7. The molecule has 1 saturated heterocycles. The fraction of sp³-hybridized carbons (Fsp3) is 0.400. The molecule has 1 aromatic carbocycles. The first-order valence-electron chi connectivity index (χ1n) is 6.22. The summed E-state index contributed by atoms with van der Waals surface area (Å²) in [6.45, 7) is 0.561. The summed E-state index contributed by atoms with van der Waals surface area (Å²) in [5, 5.41) is 10.2. The number of fused-ring (bicyclic) bond motifs is 1. The third kappa shape index (κ3) is 1.61. The largest absolute Gasteiger partial charge is 0.390 e. The van der Waals surface area contributed by atoms with Gasteiger partial charge in [-0.3, -0.25) is 4.79 Å². The van der Waals surface area contributed by atoms with Gasteiger partial charge in [-0.15, -0.1) is 12.3 Å². The summed E-state index contributed by atoms with van der Waals surface area (Å²) in [5.74, 6) is 2.68.